The second kappa shape index (κ2) is 8.43. The van der Waals surface area contributed by atoms with E-state index in [0.29, 0.717) is 23.3 Å². The molecule has 5 nitrogen and oxygen atoms in total. The van der Waals surface area contributed by atoms with Gasteiger partial charge in [0.05, 0.1) is 29.5 Å². The first-order valence-electron chi connectivity index (χ1n) is 9.30. The van der Waals surface area contributed by atoms with Crippen molar-refractivity contribution in [3.63, 3.8) is 0 Å². The van der Waals surface area contributed by atoms with Crippen molar-refractivity contribution in [3.8, 4) is 0 Å². The Bertz CT molecular complexity index is 958. The monoisotopic (exact) mass is 424 g/mol. The zero-order valence-electron chi connectivity index (χ0n) is 16.3. The van der Waals surface area contributed by atoms with Crippen molar-refractivity contribution in [2.24, 2.45) is 5.10 Å². The molecule has 0 saturated heterocycles. The molecule has 0 spiro atoms. The molecule has 2 atom stereocenters. The number of hydrazone groups is 1. The van der Waals surface area contributed by atoms with Crippen LogP contribution in [0.15, 0.2) is 47.6 Å². The topological polar surface area (TPSA) is 62.1 Å². The minimum Gasteiger partial charge on any atom is -0.462 e. The summed E-state index contributed by atoms with van der Waals surface area (Å²) in [6.07, 6.45) is -5.87. The number of carbonyl (C=O) groups excluding carboxylic acids is 1. The summed E-state index contributed by atoms with van der Waals surface area (Å²) in [5.74, 6) is -1.31. The van der Waals surface area contributed by atoms with Gasteiger partial charge in [0, 0.05) is 12.0 Å². The van der Waals surface area contributed by atoms with E-state index in [2.05, 4.69) is 5.10 Å². The van der Waals surface area contributed by atoms with Gasteiger partial charge in [0.1, 0.15) is 12.0 Å². The predicted octanol–water partition coefficient (Wildman–Crippen LogP) is 4.51. The average molecular weight is 424 g/mol. The summed E-state index contributed by atoms with van der Waals surface area (Å²) in [6, 6.07) is 8.12. The Kier molecular flexibility index (Phi) is 6.12. The van der Waals surface area contributed by atoms with Crippen LogP contribution in [-0.4, -0.2) is 34.6 Å². The van der Waals surface area contributed by atoms with Gasteiger partial charge in [-0.25, -0.2) is 9.18 Å². The summed E-state index contributed by atoms with van der Waals surface area (Å²) >= 11 is 0. The summed E-state index contributed by atoms with van der Waals surface area (Å²) in [6.45, 7) is 3.68. The minimum atomic E-state index is -4.62. The third-order valence-corrected chi connectivity index (χ3v) is 4.82. The highest BCUT2D eigenvalue weighted by Gasteiger charge is 2.34. The predicted molar refractivity (Wildman–Crippen MR) is 101 cm³/mol. The Morgan fingerprint density at radius 1 is 1.27 bits per heavy atom. The molecule has 0 unspecified atom stereocenters. The molecule has 1 N–H and O–H groups in total. The molecule has 1 aliphatic rings. The van der Waals surface area contributed by atoms with E-state index >= 15 is 0 Å². The summed E-state index contributed by atoms with van der Waals surface area (Å²) in [7, 11) is 0. The maximum absolute atomic E-state index is 14.2. The molecular weight excluding hydrogens is 404 g/mol. The van der Waals surface area contributed by atoms with Crippen LogP contribution in [0.3, 0.4) is 0 Å². The molecule has 0 aromatic heterocycles. The third kappa shape index (κ3) is 4.46. The van der Waals surface area contributed by atoms with Gasteiger partial charge in [-0.15, -0.1) is 0 Å². The van der Waals surface area contributed by atoms with Crippen molar-refractivity contribution in [1.82, 2.24) is 5.01 Å². The molecule has 3 rings (SSSR count). The SMILES string of the molecule is CCOC(=O)c1ccc([C@H](C)N2N=C(c3cc(C(F)(F)F)ccc3F)C[C@@H]2O)cc1. The average Bonchev–Trinajstić information content (AvgIpc) is 3.08. The van der Waals surface area contributed by atoms with Crippen LogP contribution in [0.2, 0.25) is 0 Å². The standard InChI is InChI=1S/C21H20F4N2O3/c1-3-30-20(29)14-6-4-13(5-7-14)12(2)27-19(28)11-18(26-27)16-10-15(21(23,24)25)8-9-17(16)22/h4-10,12,19,28H,3,11H2,1-2H3/t12-,19-/m0/s1. The van der Waals surface area contributed by atoms with Gasteiger partial charge < -0.3 is 9.84 Å². The lowest BCUT2D eigenvalue weighted by Crippen LogP contribution is -2.29. The van der Waals surface area contributed by atoms with E-state index in [1.807, 2.05) is 0 Å². The third-order valence-electron chi connectivity index (χ3n) is 4.82. The van der Waals surface area contributed by atoms with Crippen LogP contribution >= 0.6 is 0 Å². The van der Waals surface area contributed by atoms with Crippen molar-refractivity contribution >= 4 is 11.7 Å². The molecule has 1 aliphatic heterocycles. The normalized spacial score (nSPS) is 17.6. The van der Waals surface area contributed by atoms with Gasteiger partial charge in [-0.3, -0.25) is 5.01 Å². The van der Waals surface area contributed by atoms with E-state index in [9.17, 15) is 27.5 Å². The van der Waals surface area contributed by atoms with Crippen molar-refractivity contribution < 1.29 is 32.2 Å². The maximum Gasteiger partial charge on any atom is 0.416 e. The Hall–Kier alpha value is -2.94. The Labute approximate surface area is 170 Å². The lowest BCUT2D eigenvalue weighted by Gasteiger charge is -2.26. The largest absolute Gasteiger partial charge is 0.462 e. The first kappa shape index (κ1) is 21.8. The van der Waals surface area contributed by atoms with Crippen LogP contribution in [0.25, 0.3) is 0 Å². The van der Waals surface area contributed by atoms with Gasteiger partial charge in [0.2, 0.25) is 0 Å². The Balaban J connectivity index is 1.85. The molecule has 0 saturated carbocycles. The number of carbonyl (C=O) groups is 1. The van der Waals surface area contributed by atoms with Crippen molar-refractivity contribution in [2.45, 2.75) is 38.7 Å². The van der Waals surface area contributed by atoms with E-state index in [-0.39, 0.29) is 24.3 Å². The second-order valence-corrected chi connectivity index (χ2v) is 6.82. The summed E-state index contributed by atoms with van der Waals surface area (Å²) in [5, 5.41) is 15.9. The Morgan fingerprint density at radius 2 is 1.93 bits per heavy atom. The minimum absolute atomic E-state index is 0.0288. The molecule has 0 radical (unpaired) electrons. The van der Waals surface area contributed by atoms with Gasteiger partial charge in [-0.05, 0) is 49.7 Å². The molecule has 0 fully saturated rings. The van der Waals surface area contributed by atoms with E-state index < -0.39 is 35.8 Å². The fraction of sp³-hybridized carbons (Fsp3) is 0.333. The first-order chi connectivity index (χ1) is 14.1. The molecule has 2 aromatic rings. The fourth-order valence-corrected chi connectivity index (χ4v) is 3.21. The number of rotatable bonds is 5. The van der Waals surface area contributed by atoms with E-state index in [1.165, 1.54) is 5.01 Å². The van der Waals surface area contributed by atoms with Crippen molar-refractivity contribution in [2.75, 3.05) is 6.61 Å². The highest BCUT2D eigenvalue weighted by Crippen LogP contribution is 2.33. The number of alkyl halides is 3. The molecule has 1 heterocycles. The van der Waals surface area contributed by atoms with Crippen LogP contribution in [-0.2, 0) is 10.9 Å². The van der Waals surface area contributed by atoms with Crippen LogP contribution in [0.4, 0.5) is 17.6 Å². The molecule has 2 aromatic carbocycles. The highest BCUT2D eigenvalue weighted by molar-refractivity contribution is 6.02. The molecule has 0 aliphatic carbocycles. The number of aliphatic hydroxyl groups excluding tert-OH is 1. The quantitative estimate of drug-likeness (QED) is 0.567. The number of esters is 1. The van der Waals surface area contributed by atoms with Crippen LogP contribution < -0.4 is 0 Å². The number of ether oxygens (including phenoxy) is 1. The lowest BCUT2D eigenvalue weighted by atomic mass is 10.0. The number of hydrogen-bond acceptors (Lipinski definition) is 5. The first-order valence-corrected chi connectivity index (χ1v) is 9.30. The molecule has 0 amide bonds. The van der Waals surface area contributed by atoms with Gasteiger partial charge in [0.15, 0.2) is 0 Å². The van der Waals surface area contributed by atoms with E-state index in [0.717, 1.165) is 6.07 Å². The number of nitrogens with zero attached hydrogens (tertiary/aromatic N) is 2. The smallest absolute Gasteiger partial charge is 0.416 e. The molecular formula is C21H20F4N2O3. The highest BCUT2D eigenvalue weighted by atomic mass is 19.4. The van der Waals surface area contributed by atoms with Crippen molar-refractivity contribution in [3.05, 3.63) is 70.5 Å². The Morgan fingerprint density at radius 3 is 2.53 bits per heavy atom. The molecule has 30 heavy (non-hydrogen) atoms. The second-order valence-electron chi connectivity index (χ2n) is 6.82. The van der Waals surface area contributed by atoms with E-state index in [4.69, 9.17) is 4.74 Å². The summed E-state index contributed by atoms with van der Waals surface area (Å²) in [5.41, 5.74) is -0.184. The molecule has 9 heteroatoms. The summed E-state index contributed by atoms with van der Waals surface area (Å²) < 4.78 is 58.0. The fourth-order valence-electron chi connectivity index (χ4n) is 3.21. The van der Waals surface area contributed by atoms with Gasteiger partial charge in [0.25, 0.3) is 0 Å². The molecule has 160 valence electrons. The number of halogens is 4. The molecule has 0 bridgehead atoms. The van der Waals surface area contributed by atoms with Crippen molar-refractivity contribution in [1.29, 1.82) is 0 Å². The zero-order chi connectivity index (χ0) is 22.1. The van der Waals surface area contributed by atoms with Gasteiger partial charge in [-0.2, -0.15) is 18.3 Å². The van der Waals surface area contributed by atoms with Crippen LogP contribution in [0, 0.1) is 5.82 Å². The lowest BCUT2D eigenvalue weighted by molar-refractivity contribution is -0.137. The summed E-state index contributed by atoms with van der Waals surface area (Å²) in [4.78, 5) is 11.8. The van der Waals surface area contributed by atoms with Gasteiger partial charge in [-0.1, -0.05) is 12.1 Å². The maximum atomic E-state index is 14.2. The van der Waals surface area contributed by atoms with Crippen LogP contribution in [0.5, 0.6) is 0 Å². The van der Waals surface area contributed by atoms with Crippen LogP contribution in [0.1, 0.15) is 53.4 Å². The van der Waals surface area contributed by atoms with Gasteiger partial charge >= 0.3 is 12.1 Å². The zero-order valence-corrected chi connectivity index (χ0v) is 16.3. The number of benzene rings is 2. The number of hydrogen-bond donors (Lipinski definition) is 1. The van der Waals surface area contributed by atoms with E-state index in [1.54, 1.807) is 38.1 Å². The number of aliphatic hydroxyl groups is 1.